The Kier molecular flexibility index (Phi) is 6.08. The highest BCUT2D eigenvalue weighted by Gasteiger charge is 2.24. The van der Waals surface area contributed by atoms with Gasteiger partial charge in [0.2, 0.25) is 0 Å². The molecule has 0 spiro atoms. The zero-order chi connectivity index (χ0) is 15.1. The van der Waals surface area contributed by atoms with E-state index >= 15 is 0 Å². The maximum absolute atomic E-state index is 12.2. The first-order valence-electron chi connectivity index (χ1n) is 8.04. The predicted octanol–water partition coefficient (Wildman–Crippen LogP) is 2.63. The summed E-state index contributed by atoms with van der Waals surface area (Å²) in [7, 11) is 0. The van der Waals surface area contributed by atoms with E-state index in [0.29, 0.717) is 24.8 Å². The molecule has 5 heteroatoms. The van der Waals surface area contributed by atoms with E-state index in [0.717, 1.165) is 45.2 Å². The molecular weight excluding hydrogens is 268 g/mol. The Morgan fingerprint density at radius 1 is 1.24 bits per heavy atom. The zero-order valence-corrected chi connectivity index (χ0v) is 12.6. The van der Waals surface area contributed by atoms with Gasteiger partial charge in [0.25, 0.3) is 0 Å². The number of urea groups is 1. The maximum atomic E-state index is 12.2. The van der Waals surface area contributed by atoms with Crippen LogP contribution in [0.4, 0.5) is 4.79 Å². The summed E-state index contributed by atoms with van der Waals surface area (Å²) < 4.78 is 0. The van der Waals surface area contributed by atoms with Crippen LogP contribution < -0.4 is 5.32 Å². The minimum atomic E-state index is -0.748. The first-order valence-corrected chi connectivity index (χ1v) is 8.04. The van der Waals surface area contributed by atoms with Gasteiger partial charge in [-0.2, -0.15) is 0 Å². The molecule has 1 heterocycles. The summed E-state index contributed by atoms with van der Waals surface area (Å²) in [5.41, 5.74) is 0. The molecule has 2 rings (SSSR count). The number of likely N-dealkylation sites (tertiary alicyclic amines) is 1. The van der Waals surface area contributed by atoms with Gasteiger partial charge < -0.3 is 15.3 Å². The quantitative estimate of drug-likeness (QED) is 0.766. The van der Waals surface area contributed by atoms with Crippen molar-refractivity contribution in [2.75, 3.05) is 19.6 Å². The van der Waals surface area contributed by atoms with Crippen molar-refractivity contribution in [2.45, 2.75) is 44.9 Å². The number of allylic oxidation sites excluding steroid dienone is 2. The number of carboxylic acid groups (broad SMARTS) is 1. The Labute approximate surface area is 126 Å². The second-order valence-electron chi connectivity index (χ2n) is 6.22. The standard InChI is InChI=1S/C16H26N2O3/c19-15(20)9-8-14-7-4-10-18(12-14)16(21)17-11-13-5-2-1-3-6-13/h1-2,13-14H,3-12H2,(H,17,21)(H,19,20). The zero-order valence-electron chi connectivity index (χ0n) is 12.6. The molecule has 0 aromatic rings. The second-order valence-corrected chi connectivity index (χ2v) is 6.22. The number of nitrogens with one attached hydrogen (secondary N) is 1. The van der Waals surface area contributed by atoms with Crippen LogP contribution in [0.5, 0.6) is 0 Å². The molecule has 0 saturated carbocycles. The molecule has 2 atom stereocenters. The Balaban J connectivity index is 1.71. The number of hydrogen-bond acceptors (Lipinski definition) is 2. The summed E-state index contributed by atoms with van der Waals surface area (Å²) in [5.74, 6) is 0.145. The SMILES string of the molecule is O=C(O)CCC1CCCN(C(=O)NCC2CC=CCC2)C1. The fourth-order valence-corrected chi connectivity index (χ4v) is 3.20. The summed E-state index contributed by atoms with van der Waals surface area (Å²) in [4.78, 5) is 24.7. The number of carbonyl (C=O) groups is 2. The van der Waals surface area contributed by atoms with E-state index in [9.17, 15) is 9.59 Å². The van der Waals surface area contributed by atoms with Crippen molar-refractivity contribution in [2.24, 2.45) is 11.8 Å². The Morgan fingerprint density at radius 3 is 2.81 bits per heavy atom. The van der Waals surface area contributed by atoms with Crippen molar-refractivity contribution in [3.63, 3.8) is 0 Å². The van der Waals surface area contributed by atoms with Crippen LogP contribution in [0.25, 0.3) is 0 Å². The van der Waals surface area contributed by atoms with Crippen LogP contribution in [0, 0.1) is 11.8 Å². The normalized spacial score (nSPS) is 25.6. The van der Waals surface area contributed by atoms with E-state index < -0.39 is 5.97 Å². The van der Waals surface area contributed by atoms with Gasteiger partial charge in [-0.25, -0.2) is 4.79 Å². The highest BCUT2D eigenvalue weighted by Crippen LogP contribution is 2.21. The van der Waals surface area contributed by atoms with Crippen molar-refractivity contribution in [1.82, 2.24) is 10.2 Å². The van der Waals surface area contributed by atoms with E-state index in [1.165, 1.54) is 0 Å². The van der Waals surface area contributed by atoms with Crippen LogP contribution in [0.2, 0.25) is 0 Å². The third kappa shape index (κ3) is 5.40. The molecule has 1 aliphatic heterocycles. The van der Waals surface area contributed by atoms with Crippen molar-refractivity contribution < 1.29 is 14.7 Å². The van der Waals surface area contributed by atoms with Crippen LogP contribution in [-0.4, -0.2) is 41.6 Å². The van der Waals surface area contributed by atoms with Crippen molar-refractivity contribution >= 4 is 12.0 Å². The Hall–Kier alpha value is -1.52. The second kappa shape index (κ2) is 8.05. The van der Waals surface area contributed by atoms with Crippen LogP contribution in [0.15, 0.2) is 12.2 Å². The molecule has 1 saturated heterocycles. The van der Waals surface area contributed by atoms with E-state index in [1.54, 1.807) is 0 Å². The van der Waals surface area contributed by atoms with Gasteiger partial charge in [-0.15, -0.1) is 0 Å². The summed E-state index contributed by atoms with van der Waals surface area (Å²) in [6.45, 7) is 2.24. The van der Waals surface area contributed by atoms with Crippen molar-refractivity contribution in [3.05, 3.63) is 12.2 Å². The molecule has 1 fully saturated rings. The number of amides is 2. The van der Waals surface area contributed by atoms with Gasteiger partial charge in [0, 0.05) is 26.1 Å². The number of carboxylic acids is 1. The lowest BCUT2D eigenvalue weighted by Gasteiger charge is -2.33. The summed E-state index contributed by atoms with van der Waals surface area (Å²) in [5, 5.41) is 11.8. The van der Waals surface area contributed by atoms with Gasteiger partial charge in [-0.05, 0) is 50.4 Å². The van der Waals surface area contributed by atoms with Crippen molar-refractivity contribution in [1.29, 1.82) is 0 Å². The third-order valence-corrected chi connectivity index (χ3v) is 4.49. The fraction of sp³-hybridized carbons (Fsp3) is 0.750. The number of hydrogen-bond donors (Lipinski definition) is 2. The number of carbonyl (C=O) groups excluding carboxylic acids is 1. The Morgan fingerprint density at radius 2 is 2.10 bits per heavy atom. The monoisotopic (exact) mass is 294 g/mol. The molecule has 1 aliphatic carbocycles. The average Bonchev–Trinajstić information content (AvgIpc) is 2.52. The lowest BCUT2D eigenvalue weighted by molar-refractivity contribution is -0.137. The van der Waals surface area contributed by atoms with E-state index in [1.807, 2.05) is 4.90 Å². The molecule has 0 radical (unpaired) electrons. The predicted molar refractivity (Wildman–Crippen MR) is 81.0 cm³/mol. The molecule has 21 heavy (non-hydrogen) atoms. The smallest absolute Gasteiger partial charge is 0.317 e. The lowest BCUT2D eigenvalue weighted by Crippen LogP contribution is -2.46. The average molecular weight is 294 g/mol. The highest BCUT2D eigenvalue weighted by molar-refractivity contribution is 5.74. The van der Waals surface area contributed by atoms with Crippen molar-refractivity contribution in [3.8, 4) is 0 Å². The van der Waals surface area contributed by atoms with Gasteiger partial charge in [0.15, 0.2) is 0 Å². The molecule has 0 aromatic heterocycles. The number of rotatable bonds is 5. The van der Waals surface area contributed by atoms with E-state index in [2.05, 4.69) is 17.5 Å². The van der Waals surface area contributed by atoms with E-state index in [4.69, 9.17) is 5.11 Å². The van der Waals surface area contributed by atoms with Gasteiger partial charge in [0.05, 0.1) is 0 Å². The number of aliphatic carboxylic acids is 1. The largest absolute Gasteiger partial charge is 0.481 e. The fourth-order valence-electron chi connectivity index (χ4n) is 3.20. The molecule has 2 amide bonds. The van der Waals surface area contributed by atoms with Crippen LogP contribution >= 0.6 is 0 Å². The van der Waals surface area contributed by atoms with Crippen LogP contribution in [0.1, 0.15) is 44.9 Å². The van der Waals surface area contributed by atoms with Gasteiger partial charge in [-0.3, -0.25) is 4.79 Å². The molecular formula is C16H26N2O3. The molecule has 0 bridgehead atoms. The minimum Gasteiger partial charge on any atom is -0.481 e. The van der Waals surface area contributed by atoms with Gasteiger partial charge in [0.1, 0.15) is 0 Å². The van der Waals surface area contributed by atoms with Gasteiger partial charge in [-0.1, -0.05) is 12.2 Å². The minimum absolute atomic E-state index is 0.0181. The number of piperidine rings is 1. The summed E-state index contributed by atoms with van der Waals surface area (Å²) in [6, 6.07) is 0.0181. The van der Waals surface area contributed by atoms with Gasteiger partial charge >= 0.3 is 12.0 Å². The molecule has 118 valence electrons. The number of nitrogens with zero attached hydrogens (tertiary/aromatic N) is 1. The topological polar surface area (TPSA) is 69.6 Å². The highest BCUT2D eigenvalue weighted by atomic mass is 16.4. The molecule has 2 aliphatic rings. The third-order valence-electron chi connectivity index (χ3n) is 4.49. The first-order chi connectivity index (χ1) is 10.1. The Bertz CT molecular complexity index is 395. The molecule has 5 nitrogen and oxygen atoms in total. The maximum Gasteiger partial charge on any atom is 0.317 e. The van der Waals surface area contributed by atoms with Crippen LogP contribution in [0.3, 0.4) is 0 Å². The lowest BCUT2D eigenvalue weighted by atomic mass is 9.93. The van der Waals surface area contributed by atoms with E-state index in [-0.39, 0.29) is 12.5 Å². The summed E-state index contributed by atoms with van der Waals surface area (Å²) in [6.07, 6.45) is 10.6. The molecule has 2 unspecified atom stereocenters. The summed E-state index contributed by atoms with van der Waals surface area (Å²) >= 11 is 0. The molecule has 0 aromatic carbocycles. The molecule has 2 N–H and O–H groups in total. The first kappa shape index (κ1) is 15.9. The van der Waals surface area contributed by atoms with Crippen LogP contribution in [-0.2, 0) is 4.79 Å².